The molecule has 0 aliphatic carbocycles. The molecule has 1 saturated heterocycles. The summed E-state index contributed by atoms with van der Waals surface area (Å²) < 4.78 is 40.0. The van der Waals surface area contributed by atoms with Crippen molar-refractivity contribution in [2.45, 2.75) is 39.0 Å². The maximum atomic E-state index is 12.7. The topological polar surface area (TPSA) is 79.1 Å². The molecule has 1 fully saturated rings. The van der Waals surface area contributed by atoms with Crippen molar-refractivity contribution in [2.75, 3.05) is 25.1 Å². The van der Waals surface area contributed by atoms with Gasteiger partial charge in [0.05, 0.1) is 11.3 Å². The van der Waals surface area contributed by atoms with Gasteiger partial charge >= 0.3 is 6.18 Å². The van der Waals surface area contributed by atoms with E-state index < -0.39 is 11.7 Å². The number of aliphatic hydroxyl groups excluding tert-OH is 1. The molecule has 0 atom stereocenters. The van der Waals surface area contributed by atoms with Crippen LogP contribution in [0.3, 0.4) is 0 Å². The number of rotatable bonds is 5. The van der Waals surface area contributed by atoms with Crippen LogP contribution in [-0.4, -0.2) is 51.3 Å². The normalized spacial score (nSPS) is 14.2. The maximum Gasteiger partial charge on any atom is 0.416 e. The quantitative estimate of drug-likeness (QED) is 0.388. The minimum Gasteiger partial charge on any atom is -0.400 e. The molecule has 198 valence electrons. The van der Waals surface area contributed by atoms with Gasteiger partial charge < -0.3 is 15.3 Å². The van der Waals surface area contributed by atoms with Crippen molar-refractivity contribution >= 4 is 16.6 Å². The molecule has 1 aliphatic heterocycles. The molecule has 7 nitrogen and oxygen atoms in total. The van der Waals surface area contributed by atoms with Crippen molar-refractivity contribution in [1.29, 1.82) is 0 Å². The van der Waals surface area contributed by atoms with Crippen molar-refractivity contribution in [2.24, 2.45) is 7.05 Å². The molecule has 0 bridgehead atoms. The number of aromatic nitrogens is 4. The first-order valence-corrected chi connectivity index (χ1v) is 11.7. The van der Waals surface area contributed by atoms with Gasteiger partial charge in [-0.3, -0.25) is 4.68 Å². The lowest BCUT2D eigenvalue weighted by atomic mass is 10.0. The molecular formula is C27H33F3N6O. The molecular weight excluding hydrogens is 481 g/mol. The van der Waals surface area contributed by atoms with Crippen LogP contribution in [0.1, 0.15) is 31.4 Å². The van der Waals surface area contributed by atoms with Gasteiger partial charge in [0.1, 0.15) is 5.69 Å². The van der Waals surface area contributed by atoms with Gasteiger partial charge in [-0.25, -0.2) is 0 Å². The molecule has 4 aromatic rings. The Hall–Kier alpha value is -3.50. The Morgan fingerprint density at radius 2 is 1.59 bits per heavy atom. The average Bonchev–Trinajstić information content (AvgIpc) is 3.33. The van der Waals surface area contributed by atoms with Gasteiger partial charge in [0.25, 0.3) is 0 Å². The van der Waals surface area contributed by atoms with Crippen LogP contribution in [0.2, 0.25) is 0 Å². The van der Waals surface area contributed by atoms with E-state index in [9.17, 15) is 13.2 Å². The highest BCUT2D eigenvalue weighted by atomic mass is 19.4. The van der Waals surface area contributed by atoms with Crippen molar-refractivity contribution in [3.63, 3.8) is 0 Å². The van der Waals surface area contributed by atoms with E-state index in [1.807, 2.05) is 25.2 Å². The fraction of sp³-hybridized carbons (Fsp3) is 0.370. The number of aliphatic hydroxyl groups is 1. The minimum absolute atomic E-state index is 0. The van der Waals surface area contributed by atoms with Crippen LogP contribution >= 0.6 is 0 Å². The second-order valence-corrected chi connectivity index (χ2v) is 8.59. The molecule has 0 radical (unpaired) electrons. The van der Waals surface area contributed by atoms with Crippen LogP contribution in [0.15, 0.2) is 60.8 Å². The van der Waals surface area contributed by atoms with Gasteiger partial charge in [-0.1, -0.05) is 43.8 Å². The Balaban J connectivity index is 0.00000124. The summed E-state index contributed by atoms with van der Waals surface area (Å²) >= 11 is 0. The van der Waals surface area contributed by atoms with Crippen LogP contribution < -0.4 is 10.2 Å². The molecule has 0 saturated carbocycles. The molecule has 2 aromatic heterocycles. The predicted molar refractivity (Wildman–Crippen MR) is 140 cm³/mol. The van der Waals surface area contributed by atoms with Gasteiger partial charge in [0, 0.05) is 56.8 Å². The number of fused-ring (bicyclic) bond motifs is 1. The minimum atomic E-state index is -4.30. The SMILES string of the molecule is C.CO.Cn1nccc1-c1nnc(N2CCC(NCc3ccc(C(F)(F)F)cc3)CC2)c2ccccc12. The second kappa shape index (κ2) is 12.2. The van der Waals surface area contributed by atoms with Gasteiger partial charge in [-0.15, -0.1) is 10.2 Å². The van der Waals surface area contributed by atoms with E-state index in [0.29, 0.717) is 12.6 Å². The third-order valence-corrected chi connectivity index (χ3v) is 6.40. The molecule has 0 unspecified atom stereocenters. The molecule has 2 aromatic carbocycles. The first-order valence-electron chi connectivity index (χ1n) is 11.7. The fourth-order valence-corrected chi connectivity index (χ4v) is 4.49. The highest BCUT2D eigenvalue weighted by molar-refractivity contribution is 5.99. The lowest BCUT2D eigenvalue weighted by Gasteiger charge is -2.33. The molecule has 0 spiro atoms. The van der Waals surface area contributed by atoms with Gasteiger partial charge in [0.15, 0.2) is 5.82 Å². The predicted octanol–water partition coefficient (Wildman–Crippen LogP) is 5.05. The second-order valence-electron chi connectivity index (χ2n) is 8.59. The number of halogens is 3. The van der Waals surface area contributed by atoms with E-state index in [4.69, 9.17) is 5.11 Å². The summed E-state index contributed by atoms with van der Waals surface area (Å²) in [5, 5.41) is 26.0. The summed E-state index contributed by atoms with van der Waals surface area (Å²) in [6.07, 6.45) is -0.718. The van der Waals surface area contributed by atoms with Gasteiger partial charge in [-0.2, -0.15) is 18.3 Å². The maximum absolute atomic E-state index is 12.7. The van der Waals surface area contributed by atoms with Crippen LogP contribution in [0, 0.1) is 0 Å². The third-order valence-electron chi connectivity index (χ3n) is 6.40. The fourth-order valence-electron chi connectivity index (χ4n) is 4.49. The van der Waals surface area contributed by atoms with E-state index in [-0.39, 0.29) is 7.43 Å². The molecule has 37 heavy (non-hydrogen) atoms. The number of nitrogens with one attached hydrogen (secondary N) is 1. The van der Waals surface area contributed by atoms with E-state index in [0.717, 1.165) is 78.7 Å². The Morgan fingerprint density at radius 1 is 0.946 bits per heavy atom. The lowest BCUT2D eigenvalue weighted by molar-refractivity contribution is -0.137. The molecule has 2 N–H and O–H groups in total. The zero-order chi connectivity index (χ0) is 25.7. The number of hydrogen-bond acceptors (Lipinski definition) is 6. The molecule has 5 rings (SSSR count). The van der Waals surface area contributed by atoms with Crippen LogP contribution in [0.4, 0.5) is 19.0 Å². The summed E-state index contributed by atoms with van der Waals surface area (Å²) in [4.78, 5) is 2.26. The number of hydrogen-bond donors (Lipinski definition) is 2. The zero-order valence-corrected chi connectivity index (χ0v) is 20.2. The van der Waals surface area contributed by atoms with Crippen molar-refractivity contribution < 1.29 is 18.3 Å². The average molecular weight is 515 g/mol. The standard InChI is InChI=1S/C25H25F3N6.CH4O.CH4/c1-33-22(10-13-30-33)23-20-4-2-3-5-21(20)24(32-31-23)34-14-11-19(12-15-34)29-16-17-6-8-18(9-7-17)25(26,27)28;1-2;/h2-10,13,19,29H,11-12,14-16H2,1H3;2H,1H3;1H4. The first-order chi connectivity index (χ1) is 17.4. The number of nitrogens with zero attached hydrogens (tertiary/aromatic N) is 5. The smallest absolute Gasteiger partial charge is 0.400 e. The Labute approximate surface area is 214 Å². The van der Waals surface area contributed by atoms with E-state index in [1.54, 1.807) is 10.9 Å². The van der Waals surface area contributed by atoms with E-state index >= 15 is 0 Å². The van der Waals surface area contributed by atoms with Gasteiger partial charge in [0.2, 0.25) is 0 Å². The molecule has 3 heterocycles. The highest BCUT2D eigenvalue weighted by Gasteiger charge is 2.30. The van der Waals surface area contributed by atoms with Crippen LogP contribution in [-0.2, 0) is 19.8 Å². The van der Waals surface area contributed by atoms with Gasteiger partial charge in [-0.05, 0) is 36.6 Å². The monoisotopic (exact) mass is 514 g/mol. The summed E-state index contributed by atoms with van der Waals surface area (Å²) in [5.74, 6) is 0.878. The summed E-state index contributed by atoms with van der Waals surface area (Å²) in [5.41, 5.74) is 1.96. The number of alkyl halides is 3. The summed E-state index contributed by atoms with van der Waals surface area (Å²) in [6.45, 7) is 2.20. The number of piperidine rings is 1. The molecule has 1 aliphatic rings. The number of anilines is 1. The Bertz CT molecular complexity index is 1280. The third kappa shape index (κ3) is 6.26. The zero-order valence-electron chi connectivity index (χ0n) is 20.2. The van der Waals surface area contributed by atoms with Crippen LogP contribution in [0.25, 0.3) is 22.2 Å². The number of benzene rings is 2. The van der Waals surface area contributed by atoms with E-state index in [1.165, 1.54) is 12.1 Å². The van der Waals surface area contributed by atoms with Crippen molar-refractivity contribution in [3.8, 4) is 11.4 Å². The largest absolute Gasteiger partial charge is 0.416 e. The first kappa shape index (κ1) is 28.1. The Morgan fingerprint density at radius 3 is 2.19 bits per heavy atom. The Kier molecular flexibility index (Phi) is 9.23. The summed E-state index contributed by atoms with van der Waals surface area (Å²) in [6, 6.07) is 15.7. The van der Waals surface area contributed by atoms with Crippen molar-refractivity contribution in [3.05, 3.63) is 71.9 Å². The molecule has 10 heteroatoms. The number of aryl methyl sites for hydroxylation is 1. The highest BCUT2D eigenvalue weighted by Crippen LogP contribution is 2.32. The van der Waals surface area contributed by atoms with Crippen LogP contribution in [0.5, 0.6) is 0 Å². The van der Waals surface area contributed by atoms with Crippen molar-refractivity contribution in [1.82, 2.24) is 25.3 Å². The lowest BCUT2D eigenvalue weighted by Crippen LogP contribution is -2.42. The van der Waals surface area contributed by atoms with E-state index in [2.05, 4.69) is 37.6 Å². The summed E-state index contributed by atoms with van der Waals surface area (Å²) in [7, 11) is 2.89. The molecule has 0 amide bonds.